The Bertz CT molecular complexity index is 357. The van der Waals surface area contributed by atoms with Crippen LogP contribution in [-0.4, -0.2) is 31.2 Å². The van der Waals surface area contributed by atoms with E-state index in [1.54, 1.807) is 0 Å². The van der Waals surface area contributed by atoms with Gasteiger partial charge < -0.3 is 10.1 Å². The van der Waals surface area contributed by atoms with Crippen molar-refractivity contribution in [2.45, 2.75) is 20.3 Å². The number of benzene rings is 1. The number of thioether (sulfide) groups is 1. The Balaban J connectivity index is 1.56. The second kappa shape index (κ2) is 7.05. The third-order valence-corrected chi connectivity index (χ3v) is 4.40. The zero-order valence-electron chi connectivity index (χ0n) is 11.4. The van der Waals surface area contributed by atoms with Gasteiger partial charge in [-0.05, 0) is 74.0 Å². The fraction of sp³-hybridized carbons (Fsp3) is 0.600. The van der Waals surface area contributed by atoms with Gasteiger partial charge in [0.25, 0.3) is 0 Å². The molecule has 0 radical (unpaired) electrons. The zero-order valence-corrected chi connectivity index (χ0v) is 12.2. The maximum absolute atomic E-state index is 5.79. The third-order valence-electron chi connectivity index (χ3n) is 3.12. The number of ether oxygens (including phenoxy) is 1. The number of hydrogen-bond acceptors (Lipinski definition) is 3. The fourth-order valence-electron chi connectivity index (χ4n) is 2.08. The molecular formula is C15H23NOS. The van der Waals surface area contributed by atoms with Crippen LogP contribution in [0.3, 0.4) is 0 Å². The Labute approximate surface area is 114 Å². The lowest BCUT2D eigenvalue weighted by Crippen LogP contribution is -2.43. The third kappa shape index (κ3) is 4.54. The average molecular weight is 265 g/mol. The molecule has 0 atom stereocenters. The van der Waals surface area contributed by atoms with E-state index in [1.807, 2.05) is 0 Å². The molecule has 18 heavy (non-hydrogen) atoms. The van der Waals surface area contributed by atoms with E-state index in [0.29, 0.717) is 0 Å². The first kappa shape index (κ1) is 13.8. The fourth-order valence-corrected chi connectivity index (χ4v) is 3.14. The van der Waals surface area contributed by atoms with Crippen molar-refractivity contribution in [2.24, 2.45) is 5.92 Å². The molecule has 2 rings (SSSR count). The molecule has 2 nitrogen and oxygen atoms in total. The first-order valence-electron chi connectivity index (χ1n) is 6.73. The summed E-state index contributed by atoms with van der Waals surface area (Å²) in [4.78, 5) is 0. The Kier molecular flexibility index (Phi) is 5.39. The predicted octanol–water partition coefficient (Wildman–Crippen LogP) is 3.02. The quantitative estimate of drug-likeness (QED) is 0.766. The summed E-state index contributed by atoms with van der Waals surface area (Å²) in [6, 6.07) is 6.40. The average Bonchev–Trinajstić information content (AvgIpc) is 2.24. The highest BCUT2D eigenvalue weighted by molar-refractivity contribution is 7.99. The van der Waals surface area contributed by atoms with Crippen LogP contribution < -0.4 is 10.1 Å². The minimum Gasteiger partial charge on any atom is -0.494 e. The minimum atomic E-state index is 0.832. The zero-order chi connectivity index (χ0) is 12.8. The summed E-state index contributed by atoms with van der Waals surface area (Å²) in [6.45, 7) is 7.49. The van der Waals surface area contributed by atoms with E-state index in [1.165, 1.54) is 35.7 Å². The second-order valence-corrected chi connectivity index (χ2v) is 6.27. The Morgan fingerprint density at radius 2 is 1.94 bits per heavy atom. The van der Waals surface area contributed by atoms with Crippen LogP contribution in [0.15, 0.2) is 18.2 Å². The van der Waals surface area contributed by atoms with Crippen molar-refractivity contribution in [3.8, 4) is 5.75 Å². The molecule has 1 N–H and O–H groups in total. The smallest absolute Gasteiger partial charge is 0.119 e. The van der Waals surface area contributed by atoms with Gasteiger partial charge in [-0.1, -0.05) is 6.07 Å². The standard InChI is InChI=1S/C15H23NOS/c1-12-6-13(2)8-15(7-12)17-4-3-5-18-11-14-9-16-10-14/h6-8,14,16H,3-5,9-11H2,1-2H3. The molecule has 3 heteroatoms. The van der Waals surface area contributed by atoms with Crippen LogP contribution in [0.5, 0.6) is 5.75 Å². The van der Waals surface area contributed by atoms with Crippen molar-refractivity contribution < 1.29 is 4.74 Å². The summed E-state index contributed by atoms with van der Waals surface area (Å²) in [5.74, 6) is 4.44. The lowest BCUT2D eigenvalue weighted by molar-refractivity contribution is 0.318. The molecule has 1 aliphatic heterocycles. The Hall–Kier alpha value is -0.670. The maximum Gasteiger partial charge on any atom is 0.119 e. The van der Waals surface area contributed by atoms with Crippen LogP contribution in [0.25, 0.3) is 0 Å². The summed E-state index contributed by atoms with van der Waals surface area (Å²) >= 11 is 2.06. The van der Waals surface area contributed by atoms with E-state index >= 15 is 0 Å². The number of aryl methyl sites for hydroxylation is 2. The Morgan fingerprint density at radius 1 is 1.22 bits per heavy atom. The number of nitrogens with one attached hydrogen (secondary N) is 1. The SMILES string of the molecule is Cc1cc(C)cc(OCCCSCC2CNC2)c1. The van der Waals surface area contributed by atoms with Gasteiger partial charge in [0, 0.05) is 0 Å². The van der Waals surface area contributed by atoms with Crippen molar-refractivity contribution in [1.82, 2.24) is 5.32 Å². The van der Waals surface area contributed by atoms with Crippen molar-refractivity contribution in [3.05, 3.63) is 29.3 Å². The van der Waals surface area contributed by atoms with Crippen LogP contribution in [0, 0.1) is 19.8 Å². The van der Waals surface area contributed by atoms with Crippen LogP contribution >= 0.6 is 11.8 Å². The molecule has 0 unspecified atom stereocenters. The molecule has 0 spiro atoms. The van der Waals surface area contributed by atoms with Gasteiger partial charge >= 0.3 is 0 Å². The number of hydrogen-bond donors (Lipinski definition) is 1. The van der Waals surface area contributed by atoms with Gasteiger partial charge in [0.1, 0.15) is 5.75 Å². The summed E-state index contributed by atoms with van der Waals surface area (Å²) in [7, 11) is 0. The summed E-state index contributed by atoms with van der Waals surface area (Å²) in [5.41, 5.74) is 2.55. The largest absolute Gasteiger partial charge is 0.494 e. The topological polar surface area (TPSA) is 21.3 Å². The highest BCUT2D eigenvalue weighted by atomic mass is 32.2. The molecule has 1 aliphatic rings. The second-order valence-electron chi connectivity index (χ2n) is 5.12. The molecule has 0 saturated carbocycles. The van der Waals surface area contributed by atoms with Crippen molar-refractivity contribution in [2.75, 3.05) is 31.2 Å². The molecule has 0 aliphatic carbocycles. The Morgan fingerprint density at radius 3 is 2.56 bits per heavy atom. The summed E-state index contributed by atoms with van der Waals surface area (Å²) in [6.07, 6.45) is 1.14. The maximum atomic E-state index is 5.79. The number of rotatable bonds is 7. The van der Waals surface area contributed by atoms with E-state index in [-0.39, 0.29) is 0 Å². The normalized spacial score (nSPS) is 15.4. The minimum absolute atomic E-state index is 0.832. The van der Waals surface area contributed by atoms with Gasteiger partial charge in [-0.2, -0.15) is 11.8 Å². The van der Waals surface area contributed by atoms with Crippen molar-refractivity contribution in [1.29, 1.82) is 0 Å². The van der Waals surface area contributed by atoms with Crippen molar-refractivity contribution in [3.63, 3.8) is 0 Å². The highest BCUT2D eigenvalue weighted by Gasteiger charge is 2.15. The first-order chi connectivity index (χ1) is 8.74. The van der Waals surface area contributed by atoms with Gasteiger partial charge in [-0.25, -0.2) is 0 Å². The van der Waals surface area contributed by atoms with Crippen LogP contribution in [-0.2, 0) is 0 Å². The molecule has 100 valence electrons. The lowest BCUT2D eigenvalue weighted by Gasteiger charge is -2.26. The van der Waals surface area contributed by atoms with Crippen LogP contribution in [0.2, 0.25) is 0 Å². The highest BCUT2D eigenvalue weighted by Crippen LogP contribution is 2.17. The van der Waals surface area contributed by atoms with Crippen LogP contribution in [0.1, 0.15) is 17.5 Å². The van der Waals surface area contributed by atoms with Crippen molar-refractivity contribution >= 4 is 11.8 Å². The molecule has 1 aromatic carbocycles. The molecule has 1 aromatic rings. The molecule has 0 amide bonds. The van der Waals surface area contributed by atoms with E-state index in [9.17, 15) is 0 Å². The molecule has 1 heterocycles. The molecule has 0 bridgehead atoms. The summed E-state index contributed by atoms with van der Waals surface area (Å²) in [5, 5.41) is 3.31. The lowest BCUT2D eigenvalue weighted by atomic mass is 10.1. The molecule has 1 fully saturated rings. The molecule has 0 aromatic heterocycles. The van der Waals surface area contributed by atoms with E-state index in [4.69, 9.17) is 4.74 Å². The molecular weight excluding hydrogens is 242 g/mol. The van der Waals surface area contributed by atoms with E-state index < -0.39 is 0 Å². The van der Waals surface area contributed by atoms with E-state index in [2.05, 4.69) is 49.1 Å². The predicted molar refractivity (Wildman–Crippen MR) is 79.7 cm³/mol. The van der Waals surface area contributed by atoms with Gasteiger partial charge in [-0.3, -0.25) is 0 Å². The van der Waals surface area contributed by atoms with Crippen LogP contribution in [0.4, 0.5) is 0 Å². The van der Waals surface area contributed by atoms with Gasteiger partial charge in [0.15, 0.2) is 0 Å². The van der Waals surface area contributed by atoms with E-state index in [0.717, 1.165) is 24.7 Å². The van der Waals surface area contributed by atoms with Gasteiger partial charge in [-0.15, -0.1) is 0 Å². The monoisotopic (exact) mass is 265 g/mol. The summed E-state index contributed by atoms with van der Waals surface area (Å²) < 4.78 is 5.79. The first-order valence-corrected chi connectivity index (χ1v) is 7.89. The van der Waals surface area contributed by atoms with Gasteiger partial charge in [0.2, 0.25) is 0 Å². The molecule has 1 saturated heterocycles. The van der Waals surface area contributed by atoms with Gasteiger partial charge in [0.05, 0.1) is 6.61 Å².